The summed E-state index contributed by atoms with van der Waals surface area (Å²) in [6.07, 6.45) is 0. The van der Waals surface area contributed by atoms with Crippen molar-refractivity contribution in [3.8, 4) is 17.2 Å². The summed E-state index contributed by atoms with van der Waals surface area (Å²) in [5.41, 5.74) is 0.389. The molecule has 0 aliphatic carbocycles. The van der Waals surface area contributed by atoms with E-state index in [9.17, 15) is 9.59 Å². The molecule has 0 amide bonds. The number of benzene rings is 2. The van der Waals surface area contributed by atoms with Crippen LogP contribution in [0.4, 0.5) is 0 Å². The van der Waals surface area contributed by atoms with E-state index in [1.165, 1.54) is 0 Å². The molecule has 0 unspecified atom stereocenters. The number of hydrogen-bond acceptors (Lipinski definition) is 6. The zero-order chi connectivity index (χ0) is 16.9. The lowest BCUT2D eigenvalue weighted by atomic mass is 10.1. The van der Waals surface area contributed by atoms with Gasteiger partial charge in [0.05, 0.1) is 0 Å². The molecule has 0 spiro atoms. The summed E-state index contributed by atoms with van der Waals surface area (Å²) in [4.78, 5) is 23.7. The van der Waals surface area contributed by atoms with Crippen molar-refractivity contribution in [2.24, 2.45) is 0 Å². The zero-order valence-electron chi connectivity index (χ0n) is 12.5. The molecule has 1 aliphatic heterocycles. The van der Waals surface area contributed by atoms with Crippen molar-refractivity contribution in [3.05, 3.63) is 52.5 Å². The van der Waals surface area contributed by atoms with E-state index in [1.807, 2.05) is 6.07 Å². The highest BCUT2D eigenvalue weighted by atomic mass is 79.9. The number of rotatable bonds is 6. The monoisotopic (exact) mass is 392 g/mol. The number of esters is 1. The molecule has 0 atom stereocenters. The van der Waals surface area contributed by atoms with E-state index in [-0.39, 0.29) is 25.8 Å². The van der Waals surface area contributed by atoms with Gasteiger partial charge in [0.25, 0.3) is 0 Å². The summed E-state index contributed by atoms with van der Waals surface area (Å²) >= 11 is 3.31. The van der Waals surface area contributed by atoms with Crippen LogP contribution >= 0.6 is 15.9 Å². The van der Waals surface area contributed by atoms with E-state index in [0.717, 1.165) is 4.47 Å². The zero-order valence-corrected chi connectivity index (χ0v) is 14.1. The molecule has 2 aromatic rings. The number of fused-ring (bicyclic) bond motifs is 1. The van der Waals surface area contributed by atoms with Crippen LogP contribution in [0.15, 0.2) is 46.9 Å². The van der Waals surface area contributed by atoms with Crippen LogP contribution in [0.3, 0.4) is 0 Å². The van der Waals surface area contributed by atoms with Gasteiger partial charge in [-0.25, -0.2) is 4.79 Å². The van der Waals surface area contributed by atoms with Gasteiger partial charge in [-0.05, 0) is 36.4 Å². The predicted octanol–water partition coefficient (Wildman–Crippen LogP) is 2.98. The fraction of sp³-hybridized carbons (Fsp3) is 0.176. The van der Waals surface area contributed by atoms with Crippen molar-refractivity contribution in [1.29, 1.82) is 0 Å². The van der Waals surface area contributed by atoms with Crippen molar-refractivity contribution in [3.63, 3.8) is 0 Å². The Morgan fingerprint density at radius 2 is 1.88 bits per heavy atom. The fourth-order valence-corrected chi connectivity index (χ4v) is 2.42. The van der Waals surface area contributed by atoms with Gasteiger partial charge in [0.1, 0.15) is 5.75 Å². The van der Waals surface area contributed by atoms with Crippen molar-refractivity contribution in [2.45, 2.75) is 0 Å². The van der Waals surface area contributed by atoms with E-state index < -0.39 is 5.97 Å². The average Bonchev–Trinajstić information content (AvgIpc) is 3.05. The SMILES string of the molecule is O=C(COc1cccc(Br)c1)OCC(=O)c1ccc2c(c1)OCO2. The number of carbonyl (C=O) groups excluding carboxylic acids is 2. The van der Waals surface area contributed by atoms with Gasteiger partial charge >= 0.3 is 5.97 Å². The minimum absolute atomic E-state index is 0.134. The topological polar surface area (TPSA) is 71.1 Å². The first kappa shape index (κ1) is 16.3. The van der Waals surface area contributed by atoms with Crippen LogP contribution in [0.2, 0.25) is 0 Å². The van der Waals surface area contributed by atoms with E-state index in [1.54, 1.807) is 36.4 Å². The Labute approximate surface area is 146 Å². The summed E-state index contributed by atoms with van der Waals surface area (Å²) in [6, 6.07) is 11.9. The lowest BCUT2D eigenvalue weighted by molar-refractivity contribution is -0.144. The summed E-state index contributed by atoms with van der Waals surface area (Å²) in [5.74, 6) is 0.674. The Kier molecular flexibility index (Phi) is 5.00. The van der Waals surface area contributed by atoms with Gasteiger partial charge in [-0.3, -0.25) is 4.79 Å². The first-order chi connectivity index (χ1) is 11.6. The van der Waals surface area contributed by atoms with E-state index in [4.69, 9.17) is 18.9 Å². The van der Waals surface area contributed by atoms with Gasteiger partial charge < -0.3 is 18.9 Å². The average molecular weight is 393 g/mol. The van der Waals surface area contributed by atoms with Gasteiger partial charge in [-0.2, -0.15) is 0 Å². The second-order valence-corrected chi connectivity index (χ2v) is 5.81. The lowest BCUT2D eigenvalue weighted by Crippen LogP contribution is -2.19. The maximum atomic E-state index is 12.0. The highest BCUT2D eigenvalue weighted by molar-refractivity contribution is 9.10. The maximum Gasteiger partial charge on any atom is 0.344 e. The molecule has 124 valence electrons. The first-order valence-electron chi connectivity index (χ1n) is 7.08. The normalized spacial score (nSPS) is 11.9. The van der Waals surface area contributed by atoms with Crippen LogP contribution in [-0.4, -0.2) is 31.8 Å². The Morgan fingerprint density at radius 1 is 1.04 bits per heavy atom. The Balaban J connectivity index is 1.48. The Morgan fingerprint density at radius 3 is 2.71 bits per heavy atom. The van der Waals surface area contributed by atoms with Crippen molar-refractivity contribution < 1.29 is 28.5 Å². The second-order valence-electron chi connectivity index (χ2n) is 4.90. The molecule has 0 N–H and O–H groups in total. The molecular weight excluding hydrogens is 380 g/mol. The third-order valence-corrected chi connectivity index (χ3v) is 3.70. The van der Waals surface area contributed by atoms with Crippen LogP contribution in [0.1, 0.15) is 10.4 Å². The van der Waals surface area contributed by atoms with Crippen molar-refractivity contribution in [2.75, 3.05) is 20.0 Å². The summed E-state index contributed by atoms with van der Waals surface area (Å²) in [7, 11) is 0. The molecule has 1 heterocycles. The standard InChI is InChI=1S/C17H13BrO6/c18-12-2-1-3-13(7-12)21-9-17(20)22-8-14(19)11-4-5-15-16(6-11)24-10-23-15/h1-7H,8-10H2. The highest BCUT2D eigenvalue weighted by Gasteiger charge is 2.17. The third-order valence-electron chi connectivity index (χ3n) is 3.21. The van der Waals surface area contributed by atoms with Crippen molar-refractivity contribution in [1.82, 2.24) is 0 Å². The smallest absolute Gasteiger partial charge is 0.344 e. The number of carbonyl (C=O) groups is 2. The molecule has 24 heavy (non-hydrogen) atoms. The summed E-state index contributed by atoms with van der Waals surface area (Å²) in [5, 5.41) is 0. The van der Waals surface area contributed by atoms with E-state index in [0.29, 0.717) is 22.8 Å². The predicted molar refractivity (Wildman–Crippen MR) is 87.5 cm³/mol. The second kappa shape index (κ2) is 7.35. The molecule has 0 saturated heterocycles. The molecule has 2 aromatic carbocycles. The van der Waals surface area contributed by atoms with Crippen LogP contribution < -0.4 is 14.2 Å². The third kappa shape index (κ3) is 4.05. The van der Waals surface area contributed by atoms with E-state index >= 15 is 0 Å². The Bertz CT molecular complexity index is 773. The van der Waals surface area contributed by atoms with Crippen LogP contribution in [0.25, 0.3) is 0 Å². The highest BCUT2D eigenvalue weighted by Crippen LogP contribution is 2.32. The summed E-state index contributed by atoms with van der Waals surface area (Å²) < 4.78 is 21.4. The number of ketones is 1. The van der Waals surface area contributed by atoms with Gasteiger partial charge in [-0.1, -0.05) is 22.0 Å². The molecular formula is C17H13BrO6. The van der Waals surface area contributed by atoms with Gasteiger partial charge in [0, 0.05) is 10.0 Å². The lowest BCUT2D eigenvalue weighted by Gasteiger charge is -2.07. The fourth-order valence-electron chi connectivity index (χ4n) is 2.04. The number of halogens is 1. The van der Waals surface area contributed by atoms with Gasteiger partial charge in [-0.15, -0.1) is 0 Å². The van der Waals surface area contributed by atoms with Gasteiger partial charge in [0.2, 0.25) is 6.79 Å². The number of hydrogen-bond donors (Lipinski definition) is 0. The molecule has 6 nitrogen and oxygen atoms in total. The van der Waals surface area contributed by atoms with E-state index in [2.05, 4.69) is 15.9 Å². The van der Waals surface area contributed by atoms with Crippen LogP contribution in [0.5, 0.6) is 17.2 Å². The molecule has 0 saturated carbocycles. The molecule has 0 fully saturated rings. The Hall–Kier alpha value is -2.54. The maximum absolute atomic E-state index is 12.0. The minimum atomic E-state index is -0.621. The largest absolute Gasteiger partial charge is 0.482 e. The van der Waals surface area contributed by atoms with Gasteiger partial charge in [0.15, 0.2) is 30.5 Å². The van der Waals surface area contributed by atoms with Crippen molar-refractivity contribution >= 4 is 27.7 Å². The molecule has 0 bridgehead atoms. The minimum Gasteiger partial charge on any atom is -0.482 e. The quantitative estimate of drug-likeness (QED) is 0.555. The summed E-state index contributed by atoms with van der Waals surface area (Å²) in [6.45, 7) is -0.500. The number of ether oxygens (including phenoxy) is 4. The molecule has 0 radical (unpaired) electrons. The molecule has 7 heteroatoms. The molecule has 3 rings (SSSR count). The van der Waals surface area contributed by atoms with Crippen LogP contribution in [-0.2, 0) is 9.53 Å². The van der Waals surface area contributed by atoms with Crippen LogP contribution in [0, 0.1) is 0 Å². The number of Topliss-reactive ketones (excluding diaryl/α,β-unsaturated/α-hetero) is 1. The molecule has 1 aliphatic rings. The first-order valence-corrected chi connectivity index (χ1v) is 7.88. The molecule has 0 aromatic heterocycles.